The van der Waals surface area contributed by atoms with Crippen molar-refractivity contribution >= 4 is 32.1 Å². The molecule has 0 saturated carbocycles. The normalized spacial score (nSPS) is 20.0. The Hall–Kier alpha value is -1.16. The molecule has 116 valence electrons. The van der Waals surface area contributed by atoms with Gasteiger partial charge < -0.3 is 10.1 Å². The molecule has 2 aromatic rings. The molecular weight excluding hydrogens is 312 g/mol. The third kappa shape index (κ3) is 2.44. The van der Waals surface area contributed by atoms with E-state index in [1.165, 1.54) is 15.6 Å². The lowest BCUT2D eigenvalue weighted by molar-refractivity contribution is -0.0640. The van der Waals surface area contributed by atoms with Crippen molar-refractivity contribution in [3.63, 3.8) is 0 Å². The number of nitrogens with zero attached hydrogens (tertiary/aromatic N) is 3. The maximum Gasteiger partial charge on any atom is 0.263 e. The summed E-state index contributed by atoms with van der Waals surface area (Å²) in [7, 11) is -1.96. The number of hydrogen-bond donors (Lipinski definition) is 1. The van der Waals surface area contributed by atoms with Crippen LogP contribution in [0, 0.1) is 0 Å². The first-order chi connectivity index (χ1) is 9.85. The largest absolute Gasteiger partial charge is 0.373 e. The van der Waals surface area contributed by atoms with E-state index in [0.29, 0.717) is 30.5 Å². The zero-order valence-electron chi connectivity index (χ0n) is 12.2. The summed E-state index contributed by atoms with van der Waals surface area (Å²) in [4.78, 5) is 4.98. The van der Waals surface area contributed by atoms with Crippen LogP contribution in [0.4, 0.5) is 5.82 Å². The van der Waals surface area contributed by atoms with Gasteiger partial charge in [0.15, 0.2) is 15.8 Å². The van der Waals surface area contributed by atoms with E-state index >= 15 is 0 Å². The summed E-state index contributed by atoms with van der Waals surface area (Å²) < 4.78 is 34.7. The molecule has 1 fully saturated rings. The van der Waals surface area contributed by atoms with Crippen molar-refractivity contribution in [2.24, 2.45) is 0 Å². The summed E-state index contributed by atoms with van der Waals surface area (Å²) in [6, 6.07) is 0. The molecule has 0 atom stereocenters. The van der Waals surface area contributed by atoms with Gasteiger partial charge in [-0.05, 0) is 13.8 Å². The Morgan fingerprint density at radius 2 is 2.24 bits per heavy atom. The molecule has 3 rings (SSSR count). The van der Waals surface area contributed by atoms with Crippen LogP contribution < -0.4 is 5.32 Å². The van der Waals surface area contributed by atoms with Gasteiger partial charge in [-0.15, -0.1) is 11.3 Å². The van der Waals surface area contributed by atoms with Crippen LogP contribution in [0.25, 0.3) is 4.96 Å². The minimum absolute atomic E-state index is 0.193. The molecule has 1 aliphatic rings. The minimum Gasteiger partial charge on any atom is -0.373 e. The summed E-state index contributed by atoms with van der Waals surface area (Å²) in [5.74, 6) is 0.381. The van der Waals surface area contributed by atoms with Crippen LogP contribution in [0.2, 0.25) is 0 Å². The molecule has 1 N–H and O–H groups in total. The fourth-order valence-corrected chi connectivity index (χ4v) is 5.07. The van der Waals surface area contributed by atoms with Gasteiger partial charge in [0.25, 0.3) is 10.0 Å². The van der Waals surface area contributed by atoms with Crippen LogP contribution in [-0.2, 0) is 14.8 Å². The molecule has 7 nitrogen and oxygen atoms in total. The Balaban J connectivity index is 2.09. The predicted octanol–water partition coefficient (Wildman–Crippen LogP) is 1.24. The highest BCUT2D eigenvalue weighted by Gasteiger charge is 2.38. The number of nitrogens with one attached hydrogen (secondary N) is 1. The van der Waals surface area contributed by atoms with Gasteiger partial charge in [0.2, 0.25) is 0 Å². The molecule has 0 bridgehead atoms. The zero-order valence-corrected chi connectivity index (χ0v) is 13.8. The number of thiazole rings is 1. The summed E-state index contributed by atoms with van der Waals surface area (Å²) in [6.07, 6.45) is 1.73. The van der Waals surface area contributed by atoms with Crippen LogP contribution in [0.15, 0.2) is 16.6 Å². The quantitative estimate of drug-likeness (QED) is 0.916. The Morgan fingerprint density at radius 1 is 1.48 bits per heavy atom. The van der Waals surface area contributed by atoms with Gasteiger partial charge in [-0.25, -0.2) is 13.4 Å². The molecule has 9 heteroatoms. The van der Waals surface area contributed by atoms with Gasteiger partial charge >= 0.3 is 0 Å². The number of anilines is 1. The summed E-state index contributed by atoms with van der Waals surface area (Å²) in [6.45, 7) is 4.86. The summed E-state index contributed by atoms with van der Waals surface area (Å²) in [5, 5.41) is 4.89. The monoisotopic (exact) mass is 330 g/mol. The van der Waals surface area contributed by atoms with Gasteiger partial charge in [0, 0.05) is 31.7 Å². The van der Waals surface area contributed by atoms with Crippen molar-refractivity contribution in [2.75, 3.05) is 32.1 Å². The van der Waals surface area contributed by atoms with Crippen molar-refractivity contribution in [2.45, 2.75) is 24.5 Å². The summed E-state index contributed by atoms with van der Waals surface area (Å²) in [5.41, 5.74) is -0.483. The SMILES string of the molecule is CNc1nc2sccn2c1S(=O)(=O)N1CCOC(C)(C)C1. The second-order valence-electron chi connectivity index (χ2n) is 5.52. The zero-order chi connectivity index (χ0) is 15.3. The Bertz CT molecular complexity index is 763. The third-order valence-electron chi connectivity index (χ3n) is 3.43. The average molecular weight is 330 g/mol. The standard InChI is InChI=1S/C12H18N4O3S2/c1-12(2)8-15(4-6-19-12)21(17,18)10-9(13-3)14-11-16(10)5-7-20-11/h5,7,13H,4,6,8H2,1-3H3. The average Bonchev–Trinajstić information content (AvgIpc) is 2.96. The fourth-order valence-electron chi connectivity index (χ4n) is 2.47. The maximum atomic E-state index is 13.0. The first-order valence-electron chi connectivity index (χ1n) is 6.62. The van der Waals surface area contributed by atoms with E-state index < -0.39 is 15.6 Å². The number of fused-ring (bicyclic) bond motifs is 1. The molecule has 2 aromatic heterocycles. The van der Waals surface area contributed by atoms with E-state index in [1.54, 1.807) is 17.6 Å². The third-order valence-corrected chi connectivity index (χ3v) is 6.06. The number of hydrogen-bond acceptors (Lipinski definition) is 6. The van der Waals surface area contributed by atoms with E-state index in [4.69, 9.17) is 4.74 Å². The lowest BCUT2D eigenvalue weighted by atomic mass is 10.1. The molecule has 21 heavy (non-hydrogen) atoms. The Labute approximate surface area is 127 Å². The molecule has 1 aliphatic heterocycles. The van der Waals surface area contributed by atoms with E-state index in [0.717, 1.165) is 0 Å². The van der Waals surface area contributed by atoms with Crippen LogP contribution in [0.5, 0.6) is 0 Å². The van der Waals surface area contributed by atoms with Gasteiger partial charge in [0.05, 0.1) is 12.2 Å². The lowest BCUT2D eigenvalue weighted by Crippen LogP contribution is -2.50. The predicted molar refractivity (Wildman–Crippen MR) is 81.4 cm³/mol. The van der Waals surface area contributed by atoms with Gasteiger partial charge in [-0.2, -0.15) is 4.31 Å². The van der Waals surface area contributed by atoms with E-state index in [-0.39, 0.29) is 5.03 Å². The number of sulfonamides is 1. The second-order valence-corrected chi connectivity index (χ2v) is 8.24. The molecule has 0 aliphatic carbocycles. The van der Waals surface area contributed by atoms with Crippen molar-refractivity contribution in [1.82, 2.24) is 13.7 Å². The number of rotatable bonds is 3. The molecular formula is C12H18N4O3S2. The lowest BCUT2D eigenvalue weighted by Gasteiger charge is -2.37. The van der Waals surface area contributed by atoms with Crippen molar-refractivity contribution in [3.8, 4) is 0 Å². The van der Waals surface area contributed by atoms with Crippen molar-refractivity contribution < 1.29 is 13.2 Å². The molecule has 0 amide bonds. The molecule has 0 unspecified atom stereocenters. The second kappa shape index (κ2) is 4.94. The topological polar surface area (TPSA) is 75.9 Å². The van der Waals surface area contributed by atoms with E-state index in [9.17, 15) is 8.42 Å². The number of aromatic nitrogens is 2. The highest BCUT2D eigenvalue weighted by Crippen LogP contribution is 2.30. The number of ether oxygens (including phenoxy) is 1. The Kier molecular flexibility index (Phi) is 3.47. The van der Waals surface area contributed by atoms with E-state index in [1.807, 2.05) is 19.2 Å². The maximum absolute atomic E-state index is 13.0. The summed E-state index contributed by atoms with van der Waals surface area (Å²) >= 11 is 1.40. The van der Waals surface area contributed by atoms with Gasteiger partial charge in [-0.3, -0.25) is 4.40 Å². The van der Waals surface area contributed by atoms with Crippen LogP contribution >= 0.6 is 11.3 Å². The smallest absolute Gasteiger partial charge is 0.263 e. The van der Waals surface area contributed by atoms with Crippen LogP contribution in [-0.4, -0.2) is 54.5 Å². The number of imidazole rings is 1. The van der Waals surface area contributed by atoms with Gasteiger partial charge in [0.1, 0.15) is 0 Å². The molecule has 0 spiro atoms. The van der Waals surface area contributed by atoms with Gasteiger partial charge in [-0.1, -0.05) is 0 Å². The molecule has 0 radical (unpaired) electrons. The highest BCUT2D eigenvalue weighted by atomic mass is 32.2. The Morgan fingerprint density at radius 3 is 2.90 bits per heavy atom. The first-order valence-corrected chi connectivity index (χ1v) is 8.94. The van der Waals surface area contributed by atoms with E-state index in [2.05, 4.69) is 10.3 Å². The van der Waals surface area contributed by atoms with Crippen LogP contribution in [0.1, 0.15) is 13.8 Å². The van der Waals surface area contributed by atoms with Crippen molar-refractivity contribution in [3.05, 3.63) is 11.6 Å². The highest BCUT2D eigenvalue weighted by molar-refractivity contribution is 7.89. The minimum atomic E-state index is -3.63. The number of morpholine rings is 1. The van der Waals surface area contributed by atoms with Crippen molar-refractivity contribution in [1.29, 1.82) is 0 Å². The molecule has 1 saturated heterocycles. The molecule has 3 heterocycles. The first kappa shape index (κ1) is 14.8. The molecule has 0 aromatic carbocycles. The fraction of sp³-hybridized carbons (Fsp3) is 0.583. The van der Waals surface area contributed by atoms with Crippen LogP contribution in [0.3, 0.4) is 0 Å².